The van der Waals surface area contributed by atoms with E-state index in [2.05, 4.69) is 5.32 Å². The monoisotopic (exact) mass is 456 g/mol. The maximum Gasteiger partial charge on any atom is 0.417 e. The smallest absolute Gasteiger partial charge is 0.319 e. The quantitative estimate of drug-likeness (QED) is 0.285. The number of carbonyl (C=O) groups is 2. The van der Waals surface area contributed by atoms with Crippen LogP contribution in [0, 0.1) is 6.92 Å². The Bertz CT molecular complexity index is 1340. The van der Waals surface area contributed by atoms with Crippen LogP contribution in [0.5, 0.6) is 0 Å². The highest BCUT2D eigenvalue weighted by atomic mass is 35.5. The molecular formula is C24H16ClF3N2O2. The molecule has 4 nitrogen and oxygen atoms in total. The Kier molecular flexibility index (Phi) is 5.52. The molecule has 162 valence electrons. The van der Waals surface area contributed by atoms with Crippen LogP contribution in [-0.4, -0.2) is 16.1 Å². The lowest BCUT2D eigenvalue weighted by atomic mass is 10.0. The molecule has 2 aromatic carbocycles. The molecule has 4 rings (SSSR count). The summed E-state index contributed by atoms with van der Waals surface area (Å²) in [6.07, 6.45) is -3.05. The molecule has 0 aliphatic carbocycles. The average molecular weight is 457 g/mol. The fraction of sp³-hybridized carbons (Fsp3) is 0.0833. The second kappa shape index (κ2) is 8.16. The standard InChI is InChI=1S/C24H16ClF3N2O2/c1-14-5-7-15(8-6-14)18-13-17-4-2-3-11-30(17)21(18)22(31)23(32)29-16-9-10-20(25)19(12-16)24(26,27)28/h2-13H,1H3,(H,29,32). The normalized spacial score (nSPS) is 11.5. The van der Waals surface area contributed by atoms with E-state index in [0.717, 1.165) is 17.2 Å². The summed E-state index contributed by atoms with van der Waals surface area (Å²) in [5, 5.41) is 1.76. The second-order valence-corrected chi connectivity index (χ2v) is 7.65. The molecule has 0 spiro atoms. The number of anilines is 1. The molecule has 2 aromatic heterocycles. The summed E-state index contributed by atoms with van der Waals surface area (Å²) < 4.78 is 41.0. The molecule has 0 radical (unpaired) electrons. The van der Waals surface area contributed by atoms with Crippen molar-refractivity contribution < 1.29 is 22.8 Å². The zero-order chi connectivity index (χ0) is 23.0. The van der Waals surface area contributed by atoms with Gasteiger partial charge in [-0.25, -0.2) is 0 Å². The zero-order valence-electron chi connectivity index (χ0n) is 16.7. The second-order valence-electron chi connectivity index (χ2n) is 7.24. The fourth-order valence-electron chi connectivity index (χ4n) is 3.42. The van der Waals surface area contributed by atoms with Gasteiger partial charge < -0.3 is 9.72 Å². The minimum Gasteiger partial charge on any atom is -0.319 e. The van der Waals surface area contributed by atoms with Crippen LogP contribution in [0.1, 0.15) is 21.6 Å². The topological polar surface area (TPSA) is 50.6 Å². The van der Waals surface area contributed by atoms with Crippen molar-refractivity contribution >= 4 is 34.5 Å². The van der Waals surface area contributed by atoms with E-state index < -0.39 is 28.5 Å². The van der Waals surface area contributed by atoms with Gasteiger partial charge in [-0.05, 0) is 48.9 Å². The van der Waals surface area contributed by atoms with Crippen molar-refractivity contribution in [1.82, 2.24) is 4.40 Å². The first-order chi connectivity index (χ1) is 15.1. The summed E-state index contributed by atoms with van der Waals surface area (Å²) in [4.78, 5) is 25.9. The van der Waals surface area contributed by atoms with Crippen molar-refractivity contribution in [2.45, 2.75) is 13.1 Å². The number of halogens is 4. The van der Waals surface area contributed by atoms with Gasteiger partial charge >= 0.3 is 6.18 Å². The Morgan fingerprint density at radius 3 is 2.38 bits per heavy atom. The molecule has 4 aromatic rings. The third kappa shape index (κ3) is 4.11. The first kappa shape index (κ1) is 21.6. The zero-order valence-corrected chi connectivity index (χ0v) is 17.5. The highest BCUT2D eigenvalue weighted by molar-refractivity contribution is 6.47. The van der Waals surface area contributed by atoms with Gasteiger partial charge in [0.1, 0.15) is 5.69 Å². The molecule has 1 amide bonds. The number of benzene rings is 2. The molecule has 0 unspecified atom stereocenters. The maximum atomic E-state index is 13.2. The summed E-state index contributed by atoms with van der Waals surface area (Å²) in [7, 11) is 0. The van der Waals surface area contributed by atoms with Gasteiger partial charge in [-0.2, -0.15) is 13.2 Å². The molecular weight excluding hydrogens is 441 g/mol. The Balaban J connectivity index is 1.73. The predicted octanol–water partition coefficient (Wildman–Crippen LogP) is 6.41. The van der Waals surface area contributed by atoms with E-state index in [0.29, 0.717) is 17.1 Å². The lowest BCUT2D eigenvalue weighted by Crippen LogP contribution is -2.25. The lowest BCUT2D eigenvalue weighted by Gasteiger charge is -2.12. The summed E-state index contributed by atoms with van der Waals surface area (Å²) in [6, 6.07) is 17.5. The number of amides is 1. The van der Waals surface area contributed by atoms with E-state index in [1.165, 1.54) is 6.07 Å². The largest absolute Gasteiger partial charge is 0.417 e. The van der Waals surface area contributed by atoms with Gasteiger partial charge in [0.05, 0.1) is 10.6 Å². The van der Waals surface area contributed by atoms with Crippen LogP contribution in [0.4, 0.5) is 18.9 Å². The fourth-order valence-corrected chi connectivity index (χ4v) is 3.65. The minimum atomic E-state index is -4.70. The molecule has 8 heteroatoms. The molecule has 0 atom stereocenters. The molecule has 1 N–H and O–H groups in total. The van der Waals surface area contributed by atoms with E-state index in [4.69, 9.17) is 11.6 Å². The van der Waals surface area contributed by atoms with Gasteiger partial charge in [-0.3, -0.25) is 9.59 Å². The third-order valence-electron chi connectivity index (χ3n) is 4.99. The molecule has 0 fully saturated rings. The van der Waals surface area contributed by atoms with Gasteiger partial charge in [-0.1, -0.05) is 47.5 Å². The van der Waals surface area contributed by atoms with Crippen molar-refractivity contribution in [3.05, 3.63) is 94.8 Å². The summed E-state index contributed by atoms with van der Waals surface area (Å²) >= 11 is 5.62. The molecule has 0 aliphatic rings. The van der Waals surface area contributed by atoms with Crippen molar-refractivity contribution in [1.29, 1.82) is 0 Å². The maximum absolute atomic E-state index is 13.2. The van der Waals surface area contributed by atoms with Gasteiger partial charge in [0.2, 0.25) is 0 Å². The number of rotatable bonds is 4. The number of nitrogens with zero attached hydrogens (tertiary/aromatic N) is 1. The predicted molar refractivity (Wildman–Crippen MR) is 117 cm³/mol. The number of Topliss-reactive ketones (excluding diaryl/α,β-unsaturated/α-hetero) is 1. The average Bonchev–Trinajstić information content (AvgIpc) is 3.13. The number of pyridine rings is 1. The van der Waals surface area contributed by atoms with Gasteiger partial charge in [-0.15, -0.1) is 0 Å². The Morgan fingerprint density at radius 1 is 0.969 bits per heavy atom. The summed E-state index contributed by atoms with van der Waals surface area (Å²) in [6.45, 7) is 1.93. The van der Waals surface area contributed by atoms with Gasteiger partial charge in [0, 0.05) is 23.0 Å². The van der Waals surface area contributed by atoms with Crippen LogP contribution < -0.4 is 5.32 Å². The highest BCUT2D eigenvalue weighted by Crippen LogP contribution is 2.36. The number of fused-ring (bicyclic) bond motifs is 1. The van der Waals surface area contributed by atoms with Crippen LogP contribution in [0.2, 0.25) is 5.02 Å². The van der Waals surface area contributed by atoms with E-state index in [1.807, 2.05) is 31.2 Å². The van der Waals surface area contributed by atoms with Crippen molar-refractivity contribution in [3.8, 4) is 11.1 Å². The van der Waals surface area contributed by atoms with E-state index in [-0.39, 0.29) is 11.4 Å². The van der Waals surface area contributed by atoms with Crippen LogP contribution in [0.3, 0.4) is 0 Å². The van der Waals surface area contributed by atoms with Gasteiger partial charge in [0.15, 0.2) is 0 Å². The molecule has 0 aliphatic heterocycles. The van der Waals surface area contributed by atoms with E-state index in [9.17, 15) is 22.8 Å². The SMILES string of the molecule is Cc1ccc(-c2cc3ccccn3c2C(=O)C(=O)Nc2ccc(Cl)c(C(F)(F)F)c2)cc1. The van der Waals surface area contributed by atoms with Crippen LogP contribution >= 0.6 is 11.6 Å². The number of hydrogen-bond donors (Lipinski definition) is 1. The summed E-state index contributed by atoms with van der Waals surface area (Å²) in [5.41, 5.74) is 1.85. The van der Waals surface area contributed by atoms with Crippen molar-refractivity contribution in [3.63, 3.8) is 0 Å². The van der Waals surface area contributed by atoms with Crippen molar-refractivity contribution in [2.75, 3.05) is 5.32 Å². The van der Waals surface area contributed by atoms with Crippen LogP contribution in [-0.2, 0) is 11.0 Å². The van der Waals surface area contributed by atoms with Crippen molar-refractivity contribution in [2.24, 2.45) is 0 Å². The molecule has 2 heterocycles. The molecule has 0 saturated carbocycles. The Labute approximate surface area is 186 Å². The van der Waals surface area contributed by atoms with E-state index >= 15 is 0 Å². The molecule has 0 saturated heterocycles. The lowest BCUT2D eigenvalue weighted by molar-refractivity contribution is -0.137. The molecule has 32 heavy (non-hydrogen) atoms. The number of nitrogens with one attached hydrogen (secondary N) is 1. The van der Waals surface area contributed by atoms with Gasteiger partial charge in [0.25, 0.3) is 11.7 Å². The number of hydrogen-bond acceptors (Lipinski definition) is 2. The Hall–Kier alpha value is -3.58. The Morgan fingerprint density at radius 2 is 1.69 bits per heavy atom. The summed E-state index contributed by atoms with van der Waals surface area (Å²) in [5.74, 6) is -1.94. The first-order valence-corrected chi connectivity index (χ1v) is 9.92. The molecule has 0 bridgehead atoms. The minimum absolute atomic E-state index is 0.118. The number of aryl methyl sites for hydroxylation is 1. The third-order valence-corrected chi connectivity index (χ3v) is 5.32. The number of aromatic nitrogens is 1. The van der Waals surface area contributed by atoms with Crippen LogP contribution in [0.25, 0.3) is 16.6 Å². The highest BCUT2D eigenvalue weighted by Gasteiger charge is 2.34. The van der Waals surface area contributed by atoms with E-state index in [1.54, 1.807) is 34.9 Å². The number of carbonyl (C=O) groups excluding carboxylic acids is 2. The van der Waals surface area contributed by atoms with Crippen LogP contribution in [0.15, 0.2) is 72.9 Å². The first-order valence-electron chi connectivity index (χ1n) is 9.55. The number of alkyl halides is 3. The number of ketones is 1.